The van der Waals surface area contributed by atoms with Crippen molar-refractivity contribution in [2.45, 2.75) is 13.2 Å². The fourth-order valence-electron chi connectivity index (χ4n) is 5.05. The van der Waals surface area contributed by atoms with Crippen molar-refractivity contribution in [1.82, 2.24) is 14.7 Å². The first-order chi connectivity index (χ1) is 21.1. The average molecular weight is 600 g/mol. The number of hydrogen-bond acceptors (Lipinski definition) is 6. The number of amides is 1. The van der Waals surface area contributed by atoms with Crippen molar-refractivity contribution in [2.24, 2.45) is 0 Å². The number of ether oxygens (including phenoxy) is 1. The van der Waals surface area contributed by atoms with Gasteiger partial charge in [0.05, 0.1) is 29.1 Å². The molecule has 43 heavy (non-hydrogen) atoms. The summed E-state index contributed by atoms with van der Waals surface area (Å²) in [5, 5.41) is 7.30. The molecule has 6 nitrogen and oxygen atoms in total. The molecule has 7 rings (SSSR count). The van der Waals surface area contributed by atoms with Crippen molar-refractivity contribution in [3.63, 3.8) is 0 Å². The molecule has 2 aromatic heterocycles. The summed E-state index contributed by atoms with van der Waals surface area (Å²) in [6.07, 6.45) is 5.40. The van der Waals surface area contributed by atoms with Gasteiger partial charge in [0.25, 0.3) is 5.91 Å². The lowest BCUT2D eigenvalue weighted by atomic mass is 10.1. The standard InChI is InChI=1S/C35H25N3O3S2/c39-34-32(43-35(42)37(34)22-30-13-7-19-40-30)20-27-21-38(28-11-2-1-3-12-28)36-33(27)25-15-17-29(18-16-25)41-23-26-10-6-9-24-8-4-5-14-31(24)26/h1-21H,22-23H2/b32-20-. The Morgan fingerprint density at radius 3 is 2.49 bits per heavy atom. The van der Waals surface area contributed by atoms with Gasteiger partial charge in [0.1, 0.15) is 22.4 Å². The van der Waals surface area contributed by atoms with Gasteiger partial charge < -0.3 is 9.15 Å². The zero-order valence-corrected chi connectivity index (χ0v) is 24.6. The topological polar surface area (TPSA) is 60.5 Å². The number of hydrogen-bond donors (Lipinski definition) is 0. The molecule has 4 aromatic carbocycles. The minimum Gasteiger partial charge on any atom is -0.489 e. The average Bonchev–Trinajstić information content (AvgIpc) is 3.78. The van der Waals surface area contributed by atoms with Gasteiger partial charge in [-0.25, -0.2) is 4.68 Å². The summed E-state index contributed by atoms with van der Waals surface area (Å²) in [7, 11) is 0. The lowest BCUT2D eigenvalue weighted by molar-refractivity contribution is -0.122. The molecule has 0 aliphatic carbocycles. The van der Waals surface area contributed by atoms with Crippen LogP contribution in [0.4, 0.5) is 0 Å². The second kappa shape index (κ2) is 11.8. The molecule has 6 aromatic rings. The van der Waals surface area contributed by atoms with Gasteiger partial charge in [-0.05, 0) is 70.9 Å². The van der Waals surface area contributed by atoms with Crippen molar-refractivity contribution in [3.8, 4) is 22.7 Å². The first-order valence-corrected chi connectivity index (χ1v) is 15.0. The molecule has 1 amide bonds. The van der Waals surface area contributed by atoms with Crippen LogP contribution in [-0.2, 0) is 17.9 Å². The minimum atomic E-state index is -0.151. The molecule has 1 aliphatic heterocycles. The maximum atomic E-state index is 13.4. The number of aromatic nitrogens is 2. The Balaban J connectivity index is 1.17. The van der Waals surface area contributed by atoms with Gasteiger partial charge in [-0.1, -0.05) is 84.6 Å². The van der Waals surface area contributed by atoms with E-state index in [1.807, 2.05) is 89.8 Å². The molecular formula is C35H25N3O3S2. The van der Waals surface area contributed by atoms with Gasteiger partial charge in [-0.2, -0.15) is 5.10 Å². The Morgan fingerprint density at radius 2 is 1.67 bits per heavy atom. The molecule has 8 heteroatoms. The lowest BCUT2D eigenvalue weighted by Gasteiger charge is -2.11. The Morgan fingerprint density at radius 1 is 0.884 bits per heavy atom. The molecule has 0 radical (unpaired) electrons. The fraction of sp³-hybridized carbons (Fsp3) is 0.0571. The zero-order valence-electron chi connectivity index (χ0n) is 22.9. The summed E-state index contributed by atoms with van der Waals surface area (Å²) in [5.41, 5.74) is 4.52. The van der Waals surface area contributed by atoms with Gasteiger partial charge in [0.2, 0.25) is 0 Å². The molecule has 0 bridgehead atoms. The highest BCUT2D eigenvalue weighted by Gasteiger charge is 2.33. The number of carbonyl (C=O) groups is 1. The van der Waals surface area contributed by atoms with E-state index in [9.17, 15) is 4.79 Å². The van der Waals surface area contributed by atoms with Crippen LogP contribution in [0.1, 0.15) is 16.9 Å². The van der Waals surface area contributed by atoms with Crippen molar-refractivity contribution in [1.29, 1.82) is 0 Å². The largest absolute Gasteiger partial charge is 0.489 e. The van der Waals surface area contributed by atoms with Gasteiger partial charge >= 0.3 is 0 Å². The number of carbonyl (C=O) groups excluding carboxylic acids is 1. The summed E-state index contributed by atoms with van der Waals surface area (Å²) in [6.45, 7) is 0.764. The minimum absolute atomic E-state index is 0.151. The van der Waals surface area contributed by atoms with Crippen LogP contribution in [0.5, 0.6) is 5.75 Å². The quantitative estimate of drug-likeness (QED) is 0.130. The van der Waals surface area contributed by atoms with E-state index in [-0.39, 0.29) is 5.91 Å². The monoisotopic (exact) mass is 599 g/mol. The van der Waals surface area contributed by atoms with Gasteiger partial charge in [-0.15, -0.1) is 0 Å². The van der Waals surface area contributed by atoms with Crippen LogP contribution in [0, 0.1) is 0 Å². The molecule has 1 saturated heterocycles. The molecule has 0 unspecified atom stereocenters. The first-order valence-electron chi connectivity index (χ1n) is 13.7. The SMILES string of the molecule is O=C1/C(=C/c2cn(-c3ccccc3)nc2-c2ccc(OCc3cccc4ccccc34)cc2)SC(=S)N1Cc1ccco1. The Bertz CT molecular complexity index is 1960. The predicted molar refractivity (Wildman–Crippen MR) is 175 cm³/mol. The summed E-state index contributed by atoms with van der Waals surface area (Å²) < 4.78 is 13.9. The van der Waals surface area contributed by atoms with E-state index in [1.54, 1.807) is 17.2 Å². The van der Waals surface area contributed by atoms with Crippen LogP contribution in [0.2, 0.25) is 0 Å². The molecule has 0 N–H and O–H groups in total. The molecule has 0 spiro atoms. The highest BCUT2D eigenvalue weighted by molar-refractivity contribution is 8.26. The van der Waals surface area contributed by atoms with E-state index >= 15 is 0 Å². The predicted octanol–water partition coefficient (Wildman–Crippen LogP) is 8.27. The van der Waals surface area contributed by atoms with E-state index in [4.69, 9.17) is 26.5 Å². The van der Waals surface area contributed by atoms with Crippen molar-refractivity contribution in [2.75, 3.05) is 0 Å². The molecule has 210 valence electrons. The number of furan rings is 1. The van der Waals surface area contributed by atoms with Crippen LogP contribution in [0.3, 0.4) is 0 Å². The Kier molecular flexibility index (Phi) is 7.37. The third kappa shape index (κ3) is 5.62. The fourth-order valence-corrected chi connectivity index (χ4v) is 6.30. The number of para-hydroxylation sites is 1. The smallest absolute Gasteiger partial charge is 0.266 e. The maximum absolute atomic E-state index is 13.4. The van der Waals surface area contributed by atoms with Crippen LogP contribution in [0.15, 0.2) is 131 Å². The maximum Gasteiger partial charge on any atom is 0.266 e. The van der Waals surface area contributed by atoms with Gasteiger partial charge in [-0.3, -0.25) is 9.69 Å². The number of thioether (sulfide) groups is 1. The summed E-state index contributed by atoms with van der Waals surface area (Å²) in [6, 6.07) is 36.0. The van der Waals surface area contributed by atoms with Crippen LogP contribution in [-0.4, -0.2) is 24.9 Å². The van der Waals surface area contributed by atoms with Crippen molar-refractivity contribution in [3.05, 3.63) is 143 Å². The molecule has 0 atom stereocenters. The normalized spacial score (nSPS) is 14.2. The second-order valence-electron chi connectivity index (χ2n) is 10.0. The molecule has 1 fully saturated rings. The van der Waals surface area contributed by atoms with Gasteiger partial charge in [0, 0.05) is 17.3 Å². The Labute approximate surface area is 258 Å². The van der Waals surface area contributed by atoms with Crippen molar-refractivity contribution < 1.29 is 13.9 Å². The molecule has 1 aliphatic rings. The van der Waals surface area contributed by atoms with E-state index in [0.29, 0.717) is 28.1 Å². The number of rotatable bonds is 8. The van der Waals surface area contributed by atoms with Crippen LogP contribution in [0.25, 0.3) is 33.8 Å². The van der Waals surface area contributed by atoms with Crippen LogP contribution < -0.4 is 4.74 Å². The molecular weight excluding hydrogens is 575 g/mol. The molecule has 3 heterocycles. The number of nitrogens with zero attached hydrogens (tertiary/aromatic N) is 3. The highest BCUT2D eigenvalue weighted by Crippen LogP contribution is 2.36. The van der Waals surface area contributed by atoms with E-state index in [1.165, 1.54) is 22.5 Å². The third-order valence-electron chi connectivity index (χ3n) is 7.22. The number of benzene rings is 4. The van der Waals surface area contributed by atoms with Crippen LogP contribution >= 0.6 is 24.0 Å². The van der Waals surface area contributed by atoms with E-state index in [2.05, 4.69) is 30.3 Å². The number of thiocarbonyl (C=S) groups is 1. The third-order valence-corrected chi connectivity index (χ3v) is 8.60. The second-order valence-corrected chi connectivity index (χ2v) is 11.7. The molecule has 0 saturated carbocycles. The summed E-state index contributed by atoms with van der Waals surface area (Å²) >= 11 is 6.83. The van der Waals surface area contributed by atoms with Gasteiger partial charge in [0.15, 0.2) is 0 Å². The van der Waals surface area contributed by atoms with E-state index in [0.717, 1.165) is 33.8 Å². The zero-order chi connectivity index (χ0) is 29.2. The lowest BCUT2D eigenvalue weighted by Crippen LogP contribution is -2.27. The summed E-state index contributed by atoms with van der Waals surface area (Å²) in [5.74, 6) is 1.29. The first kappa shape index (κ1) is 26.9. The van der Waals surface area contributed by atoms with Crippen molar-refractivity contribution >= 4 is 51.1 Å². The Hall–Kier alpha value is -4.92. The summed E-state index contributed by atoms with van der Waals surface area (Å²) in [4.78, 5) is 15.5. The highest BCUT2D eigenvalue weighted by atomic mass is 32.2. The van der Waals surface area contributed by atoms with E-state index < -0.39 is 0 Å². The number of fused-ring (bicyclic) bond motifs is 1.